The predicted octanol–water partition coefficient (Wildman–Crippen LogP) is 4.16. The molecule has 1 N–H and O–H groups in total. The van der Waals surface area contributed by atoms with Crippen LogP contribution in [0.4, 0.5) is 5.69 Å². The van der Waals surface area contributed by atoms with Crippen molar-refractivity contribution in [3.05, 3.63) is 29.3 Å². The van der Waals surface area contributed by atoms with Gasteiger partial charge in [-0.05, 0) is 31.9 Å². The molecule has 1 rings (SSSR count). The standard InChI is InChI=1S/C16H25NO2/c1-5-7-8-13(6-2)17-15-10-9-12(3)11-14(15)16(18)19-4/h9-11,13,17H,5-8H2,1-4H3. The Morgan fingerprint density at radius 3 is 2.68 bits per heavy atom. The zero-order valence-electron chi connectivity index (χ0n) is 12.5. The molecule has 0 spiro atoms. The van der Waals surface area contributed by atoms with Crippen molar-refractivity contribution >= 4 is 11.7 Å². The third-order valence-electron chi connectivity index (χ3n) is 3.34. The number of carbonyl (C=O) groups is 1. The van der Waals surface area contributed by atoms with Gasteiger partial charge in [0.2, 0.25) is 0 Å². The number of hydrogen-bond acceptors (Lipinski definition) is 3. The fraction of sp³-hybridized carbons (Fsp3) is 0.562. The van der Waals surface area contributed by atoms with Crippen LogP contribution in [0, 0.1) is 6.92 Å². The molecule has 0 saturated carbocycles. The molecule has 0 heterocycles. The summed E-state index contributed by atoms with van der Waals surface area (Å²) in [6.07, 6.45) is 4.57. The largest absolute Gasteiger partial charge is 0.465 e. The van der Waals surface area contributed by atoms with E-state index >= 15 is 0 Å². The van der Waals surface area contributed by atoms with Crippen molar-refractivity contribution in [1.82, 2.24) is 0 Å². The van der Waals surface area contributed by atoms with Gasteiger partial charge >= 0.3 is 5.97 Å². The highest BCUT2D eigenvalue weighted by Crippen LogP contribution is 2.21. The van der Waals surface area contributed by atoms with E-state index in [-0.39, 0.29) is 5.97 Å². The van der Waals surface area contributed by atoms with Crippen LogP contribution < -0.4 is 5.32 Å². The van der Waals surface area contributed by atoms with Gasteiger partial charge < -0.3 is 10.1 Å². The topological polar surface area (TPSA) is 38.3 Å². The molecule has 0 aliphatic heterocycles. The van der Waals surface area contributed by atoms with Gasteiger partial charge in [-0.3, -0.25) is 0 Å². The molecule has 3 heteroatoms. The number of ether oxygens (including phenoxy) is 1. The molecule has 1 aromatic carbocycles. The monoisotopic (exact) mass is 263 g/mol. The smallest absolute Gasteiger partial charge is 0.339 e. The first kappa shape index (κ1) is 15.5. The van der Waals surface area contributed by atoms with Crippen LogP contribution >= 0.6 is 0 Å². The van der Waals surface area contributed by atoms with E-state index in [9.17, 15) is 4.79 Å². The predicted molar refractivity (Wildman–Crippen MR) is 79.7 cm³/mol. The lowest BCUT2D eigenvalue weighted by Gasteiger charge is -2.20. The first-order chi connectivity index (χ1) is 9.12. The Morgan fingerprint density at radius 1 is 1.37 bits per heavy atom. The maximum Gasteiger partial charge on any atom is 0.339 e. The molecule has 0 saturated heterocycles. The first-order valence-corrected chi connectivity index (χ1v) is 7.07. The van der Waals surface area contributed by atoms with Gasteiger partial charge in [0, 0.05) is 11.7 Å². The molecule has 0 aliphatic rings. The maximum atomic E-state index is 11.8. The van der Waals surface area contributed by atoms with Gasteiger partial charge in [-0.1, -0.05) is 38.3 Å². The molecule has 0 bridgehead atoms. The lowest BCUT2D eigenvalue weighted by Crippen LogP contribution is -2.20. The number of methoxy groups -OCH3 is 1. The van der Waals surface area contributed by atoms with Gasteiger partial charge in [-0.25, -0.2) is 4.79 Å². The number of benzene rings is 1. The number of unbranched alkanes of at least 4 members (excludes halogenated alkanes) is 1. The fourth-order valence-electron chi connectivity index (χ4n) is 2.11. The van der Waals surface area contributed by atoms with Crippen LogP contribution in [-0.4, -0.2) is 19.1 Å². The summed E-state index contributed by atoms with van der Waals surface area (Å²) in [6.45, 7) is 6.34. The quantitative estimate of drug-likeness (QED) is 0.751. The van der Waals surface area contributed by atoms with E-state index in [1.54, 1.807) is 0 Å². The minimum Gasteiger partial charge on any atom is -0.465 e. The van der Waals surface area contributed by atoms with Gasteiger partial charge in [0.15, 0.2) is 0 Å². The van der Waals surface area contributed by atoms with Crippen LogP contribution in [0.2, 0.25) is 0 Å². The Bertz CT molecular complexity index is 415. The van der Waals surface area contributed by atoms with Gasteiger partial charge in [-0.2, -0.15) is 0 Å². The normalized spacial score (nSPS) is 12.0. The minimum atomic E-state index is -0.281. The highest BCUT2D eigenvalue weighted by Gasteiger charge is 2.14. The summed E-state index contributed by atoms with van der Waals surface area (Å²) in [4.78, 5) is 11.8. The minimum absolute atomic E-state index is 0.281. The molecule has 0 radical (unpaired) electrons. The molecule has 1 aromatic rings. The first-order valence-electron chi connectivity index (χ1n) is 7.07. The van der Waals surface area contributed by atoms with Gasteiger partial charge in [0.1, 0.15) is 0 Å². The van der Waals surface area contributed by atoms with Crippen molar-refractivity contribution in [2.75, 3.05) is 12.4 Å². The summed E-state index contributed by atoms with van der Waals surface area (Å²) < 4.78 is 4.85. The second-order valence-electron chi connectivity index (χ2n) is 4.93. The van der Waals surface area contributed by atoms with Crippen LogP contribution in [0.15, 0.2) is 18.2 Å². The molecule has 0 aromatic heterocycles. The van der Waals surface area contributed by atoms with Crippen LogP contribution in [0.5, 0.6) is 0 Å². The van der Waals surface area contributed by atoms with Gasteiger partial charge in [-0.15, -0.1) is 0 Å². The number of anilines is 1. The third kappa shape index (κ3) is 4.58. The average Bonchev–Trinajstić information content (AvgIpc) is 2.43. The molecule has 1 atom stereocenters. The molecular formula is C16H25NO2. The van der Waals surface area contributed by atoms with Crippen molar-refractivity contribution in [1.29, 1.82) is 0 Å². The highest BCUT2D eigenvalue weighted by atomic mass is 16.5. The molecule has 1 unspecified atom stereocenters. The van der Waals surface area contributed by atoms with Crippen LogP contribution in [-0.2, 0) is 4.74 Å². The number of esters is 1. The van der Waals surface area contributed by atoms with E-state index in [1.807, 2.05) is 25.1 Å². The Morgan fingerprint density at radius 2 is 2.11 bits per heavy atom. The van der Waals surface area contributed by atoms with Crippen molar-refractivity contribution < 1.29 is 9.53 Å². The highest BCUT2D eigenvalue weighted by molar-refractivity contribution is 5.95. The van der Waals surface area contributed by atoms with Crippen molar-refractivity contribution in [2.45, 2.75) is 52.5 Å². The number of carbonyl (C=O) groups excluding carboxylic acids is 1. The summed E-state index contributed by atoms with van der Waals surface area (Å²) in [5.41, 5.74) is 2.56. The van der Waals surface area contributed by atoms with E-state index in [1.165, 1.54) is 20.0 Å². The summed E-state index contributed by atoms with van der Waals surface area (Å²) in [6, 6.07) is 6.27. The fourth-order valence-corrected chi connectivity index (χ4v) is 2.11. The number of hydrogen-bond donors (Lipinski definition) is 1. The third-order valence-corrected chi connectivity index (χ3v) is 3.34. The molecule has 0 amide bonds. The Balaban J connectivity index is 2.89. The number of nitrogens with one attached hydrogen (secondary N) is 1. The van der Waals surface area contributed by atoms with E-state index < -0.39 is 0 Å². The number of aryl methyl sites for hydroxylation is 1. The molecule has 0 aliphatic carbocycles. The second-order valence-corrected chi connectivity index (χ2v) is 4.93. The second kappa shape index (κ2) is 7.82. The summed E-state index contributed by atoms with van der Waals surface area (Å²) >= 11 is 0. The van der Waals surface area contributed by atoms with Crippen LogP contribution in [0.25, 0.3) is 0 Å². The summed E-state index contributed by atoms with van der Waals surface area (Å²) in [7, 11) is 1.42. The van der Waals surface area contributed by atoms with E-state index in [4.69, 9.17) is 4.74 Å². The van der Waals surface area contributed by atoms with Gasteiger partial charge in [0.05, 0.1) is 12.7 Å². The molecule has 3 nitrogen and oxygen atoms in total. The zero-order valence-corrected chi connectivity index (χ0v) is 12.5. The molecular weight excluding hydrogens is 238 g/mol. The summed E-state index contributed by atoms with van der Waals surface area (Å²) in [5, 5.41) is 3.47. The molecule has 19 heavy (non-hydrogen) atoms. The lowest BCUT2D eigenvalue weighted by molar-refractivity contribution is 0.0601. The van der Waals surface area contributed by atoms with E-state index in [2.05, 4.69) is 19.2 Å². The Hall–Kier alpha value is -1.51. The zero-order chi connectivity index (χ0) is 14.3. The molecule has 0 fully saturated rings. The van der Waals surface area contributed by atoms with Gasteiger partial charge in [0.25, 0.3) is 0 Å². The Labute approximate surface area is 116 Å². The van der Waals surface area contributed by atoms with E-state index in [0.29, 0.717) is 11.6 Å². The lowest BCUT2D eigenvalue weighted by atomic mass is 10.0. The van der Waals surface area contributed by atoms with Crippen molar-refractivity contribution in [3.63, 3.8) is 0 Å². The van der Waals surface area contributed by atoms with Crippen LogP contribution in [0.3, 0.4) is 0 Å². The Kier molecular flexibility index (Phi) is 6.40. The average molecular weight is 263 g/mol. The van der Waals surface area contributed by atoms with E-state index in [0.717, 1.165) is 24.1 Å². The molecule has 106 valence electrons. The van der Waals surface area contributed by atoms with Crippen molar-refractivity contribution in [3.8, 4) is 0 Å². The maximum absolute atomic E-state index is 11.8. The number of rotatable bonds is 7. The SMILES string of the molecule is CCCCC(CC)Nc1ccc(C)cc1C(=O)OC. The van der Waals surface area contributed by atoms with Crippen LogP contribution in [0.1, 0.15) is 55.5 Å². The summed E-state index contributed by atoms with van der Waals surface area (Å²) in [5.74, 6) is -0.281. The van der Waals surface area contributed by atoms with Crippen molar-refractivity contribution in [2.24, 2.45) is 0 Å².